The maximum Gasteiger partial charge on any atom is 0.270 e. The zero-order chi connectivity index (χ0) is 16.2. The minimum absolute atomic E-state index is 0.0670. The molecule has 0 saturated carbocycles. The molecule has 3 rings (SSSR count). The van der Waals surface area contributed by atoms with Crippen molar-refractivity contribution in [2.75, 3.05) is 13.7 Å². The van der Waals surface area contributed by atoms with Gasteiger partial charge in [-0.25, -0.2) is 4.98 Å². The second-order valence-corrected chi connectivity index (χ2v) is 5.86. The van der Waals surface area contributed by atoms with E-state index in [2.05, 4.69) is 15.4 Å². The number of hydrogen-bond donors (Lipinski definition) is 1. The van der Waals surface area contributed by atoms with Crippen LogP contribution in [-0.4, -0.2) is 39.0 Å². The van der Waals surface area contributed by atoms with Crippen molar-refractivity contribution in [2.45, 2.75) is 38.8 Å². The number of imidazole rings is 1. The highest BCUT2D eigenvalue weighted by Crippen LogP contribution is 2.23. The molecule has 0 bridgehead atoms. The van der Waals surface area contributed by atoms with Crippen LogP contribution in [0.1, 0.15) is 40.3 Å². The van der Waals surface area contributed by atoms with E-state index in [1.54, 1.807) is 24.3 Å². The van der Waals surface area contributed by atoms with Gasteiger partial charge in [0.2, 0.25) is 0 Å². The third-order valence-corrected chi connectivity index (χ3v) is 4.30. The molecule has 1 aliphatic rings. The third-order valence-electron chi connectivity index (χ3n) is 4.30. The number of hydrogen-bond acceptors (Lipinski definition) is 4. The highest BCUT2D eigenvalue weighted by Gasteiger charge is 2.23. The van der Waals surface area contributed by atoms with Crippen molar-refractivity contribution < 1.29 is 9.53 Å². The van der Waals surface area contributed by atoms with Crippen LogP contribution < -0.4 is 5.32 Å². The van der Waals surface area contributed by atoms with Crippen LogP contribution >= 0.6 is 0 Å². The number of nitrogens with zero attached hydrogens (tertiary/aromatic N) is 4. The average Bonchev–Trinajstić information content (AvgIpc) is 3.13. The molecule has 0 saturated heterocycles. The Morgan fingerprint density at radius 2 is 2.22 bits per heavy atom. The first-order valence-electron chi connectivity index (χ1n) is 8.01. The lowest BCUT2D eigenvalue weighted by atomic mass is 9.95. The Morgan fingerprint density at radius 1 is 1.39 bits per heavy atom. The van der Waals surface area contributed by atoms with E-state index >= 15 is 0 Å². The number of ether oxygens (including phenoxy) is 1. The van der Waals surface area contributed by atoms with E-state index < -0.39 is 0 Å². The highest BCUT2D eigenvalue weighted by atomic mass is 16.5. The second-order valence-electron chi connectivity index (χ2n) is 5.86. The van der Waals surface area contributed by atoms with Gasteiger partial charge in [-0.3, -0.25) is 9.48 Å². The van der Waals surface area contributed by atoms with Gasteiger partial charge in [0, 0.05) is 32.5 Å². The average molecular weight is 317 g/mol. The Hall–Kier alpha value is -2.15. The monoisotopic (exact) mass is 317 g/mol. The van der Waals surface area contributed by atoms with Crippen LogP contribution in [-0.2, 0) is 37.7 Å². The highest BCUT2D eigenvalue weighted by molar-refractivity contribution is 5.94. The van der Waals surface area contributed by atoms with E-state index in [1.165, 1.54) is 0 Å². The molecule has 0 atom stereocenters. The summed E-state index contributed by atoms with van der Waals surface area (Å²) in [4.78, 5) is 16.7. The van der Waals surface area contributed by atoms with E-state index in [9.17, 15) is 4.79 Å². The summed E-state index contributed by atoms with van der Waals surface area (Å²) in [5.74, 6) is -0.0670. The van der Waals surface area contributed by atoms with Crippen LogP contribution in [0.15, 0.2) is 12.5 Å². The molecule has 0 aromatic carbocycles. The minimum atomic E-state index is -0.0670. The maximum atomic E-state index is 12.6. The SMILES string of the molecule is COCCn1cncc1CNC(=O)c1c2c(nn1C)CCCC2. The summed E-state index contributed by atoms with van der Waals surface area (Å²) in [6.07, 6.45) is 7.73. The molecule has 7 nitrogen and oxygen atoms in total. The molecule has 2 aromatic rings. The lowest BCUT2D eigenvalue weighted by Crippen LogP contribution is -2.27. The van der Waals surface area contributed by atoms with Crippen molar-refractivity contribution in [3.05, 3.63) is 35.2 Å². The fourth-order valence-corrected chi connectivity index (χ4v) is 3.11. The number of carbonyl (C=O) groups is 1. The van der Waals surface area contributed by atoms with Crippen LogP contribution in [0.3, 0.4) is 0 Å². The fourth-order valence-electron chi connectivity index (χ4n) is 3.11. The molecule has 0 spiro atoms. The van der Waals surface area contributed by atoms with Crippen molar-refractivity contribution in [1.29, 1.82) is 0 Å². The maximum absolute atomic E-state index is 12.6. The van der Waals surface area contributed by atoms with Gasteiger partial charge in [0.15, 0.2) is 0 Å². The first kappa shape index (κ1) is 15.7. The van der Waals surface area contributed by atoms with Crippen molar-refractivity contribution >= 4 is 5.91 Å². The second kappa shape index (κ2) is 6.95. The van der Waals surface area contributed by atoms with Gasteiger partial charge in [-0.05, 0) is 25.7 Å². The fraction of sp³-hybridized carbons (Fsp3) is 0.562. The number of aryl methyl sites for hydroxylation is 2. The normalized spacial score (nSPS) is 13.8. The number of aromatic nitrogens is 4. The molecular formula is C16H23N5O2. The Kier molecular flexibility index (Phi) is 4.76. The van der Waals surface area contributed by atoms with Gasteiger partial charge in [-0.1, -0.05) is 0 Å². The van der Waals surface area contributed by atoms with Crippen LogP contribution in [0.4, 0.5) is 0 Å². The molecule has 0 radical (unpaired) electrons. The smallest absolute Gasteiger partial charge is 0.270 e. The molecule has 1 N–H and O–H groups in total. The first-order valence-corrected chi connectivity index (χ1v) is 8.01. The predicted molar refractivity (Wildman–Crippen MR) is 85.1 cm³/mol. The van der Waals surface area contributed by atoms with E-state index in [0.717, 1.165) is 49.2 Å². The number of nitrogens with one attached hydrogen (secondary N) is 1. The largest absolute Gasteiger partial charge is 0.383 e. The molecule has 1 amide bonds. The van der Waals surface area contributed by atoms with Crippen LogP contribution in [0.2, 0.25) is 0 Å². The van der Waals surface area contributed by atoms with E-state index in [0.29, 0.717) is 18.8 Å². The summed E-state index contributed by atoms with van der Waals surface area (Å²) >= 11 is 0. The van der Waals surface area contributed by atoms with Crippen molar-refractivity contribution in [3.8, 4) is 0 Å². The number of amides is 1. The van der Waals surface area contributed by atoms with Gasteiger partial charge in [-0.15, -0.1) is 0 Å². The van der Waals surface area contributed by atoms with E-state index in [4.69, 9.17) is 4.74 Å². The Morgan fingerprint density at radius 3 is 3.04 bits per heavy atom. The van der Waals surface area contributed by atoms with Crippen LogP contribution in [0, 0.1) is 0 Å². The third kappa shape index (κ3) is 3.29. The van der Waals surface area contributed by atoms with Gasteiger partial charge < -0.3 is 14.6 Å². The first-order chi connectivity index (χ1) is 11.2. The number of carbonyl (C=O) groups excluding carboxylic acids is 1. The molecule has 0 fully saturated rings. The molecule has 23 heavy (non-hydrogen) atoms. The molecule has 2 heterocycles. The van der Waals surface area contributed by atoms with Crippen molar-refractivity contribution in [1.82, 2.24) is 24.6 Å². The van der Waals surface area contributed by atoms with E-state index in [1.807, 2.05) is 11.6 Å². The number of fused-ring (bicyclic) bond motifs is 1. The molecule has 7 heteroatoms. The molecule has 0 aliphatic heterocycles. The lowest BCUT2D eigenvalue weighted by molar-refractivity contribution is 0.0939. The van der Waals surface area contributed by atoms with E-state index in [-0.39, 0.29) is 5.91 Å². The molecule has 1 aliphatic carbocycles. The Labute approximate surface area is 135 Å². The minimum Gasteiger partial charge on any atom is -0.383 e. The topological polar surface area (TPSA) is 74.0 Å². The summed E-state index contributed by atoms with van der Waals surface area (Å²) in [7, 11) is 3.51. The molecular weight excluding hydrogens is 294 g/mol. The van der Waals surface area contributed by atoms with Gasteiger partial charge in [0.25, 0.3) is 5.91 Å². The zero-order valence-corrected chi connectivity index (χ0v) is 13.7. The summed E-state index contributed by atoms with van der Waals surface area (Å²) in [6, 6.07) is 0. The van der Waals surface area contributed by atoms with Gasteiger partial charge in [-0.2, -0.15) is 5.10 Å². The Balaban J connectivity index is 1.69. The summed E-state index contributed by atoms with van der Waals surface area (Å²) in [6.45, 7) is 1.79. The predicted octanol–water partition coefficient (Wildman–Crippen LogP) is 1.07. The van der Waals surface area contributed by atoms with Crippen LogP contribution in [0.5, 0.6) is 0 Å². The molecule has 0 unspecified atom stereocenters. The van der Waals surface area contributed by atoms with Gasteiger partial charge >= 0.3 is 0 Å². The molecule has 124 valence electrons. The number of rotatable bonds is 6. The summed E-state index contributed by atoms with van der Waals surface area (Å²) in [5, 5.41) is 7.49. The molecule has 2 aromatic heterocycles. The zero-order valence-electron chi connectivity index (χ0n) is 13.7. The Bertz CT molecular complexity index is 689. The lowest BCUT2D eigenvalue weighted by Gasteiger charge is -2.12. The number of methoxy groups -OCH3 is 1. The van der Waals surface area contributed by atoms with Gasteiger partial charge in [0.05, 0.1) is 30.9 Å². The summed E-state index contributed by atoms with van der Waals surface area (Å²) in [5.41, 5.74) is 3.85. The van der Waals surface area contributed by atoms with Crippen LogP contribution in [0.25, 0.3) is 0 Å². The van der Waals surface area contributed by atoms with Gasteiger partial charge in [0.1, 0.15) is 5.69 Å². The van der Waals surface area contributed by atoms with Crippen molar-refractivity contribution in [3.63, 3.8) is 0 Å². The summed E-state index contributed by atoms with van der Waals surface area (Å²) < 4.78 is 8.79. The standard InChI is InChI=1S/C16H23N5O2/c1-20-15(13-5-3-4-6-14(13)19-20)16(22)18-10-12-9-17-11-21(12)7-8-23-2/h9,11H,3-8,10H2,1-2H3,(H,18,22). The van der Waals surface area contributed by atoms with Crippen molar-refractivity contribution in [2.24, 2.45) is 7.05 Å². The quantitative estimate of drug-likeness (QED) is 0.865.